The number of sulfone groups is 1. The maximum Gasteiger partial charge on any atom is 0.317 e. The fourth-order valence-corrected chi connectivity index (χ4v) is 3.41. The van der Waals surface area contributed by atoms with Gasteiger partial charge in [-0.15, -0.1) is 0 Å². The summed E-state index contributed by atoms with van der Waals surface area (Å²) in [5.74, 6) is -0.247. The molecule has 0 aliphatic carbocycles. The van der Waals surface area contributed by atoms with Crippen LogP contribution in [-0.2, 0) is 16.3 Å². The van der Waals surface area contributed by atoms with Crippen LogP contribution in [0.15, 0.2) is 18.2 Å². The fraction of sp³-hybridized carbons (Fsp3) is 0.500. The second kappa shape index (κ2) is 6.95. The Balaban J connectivity index is 1.79. The number of halogens is 1. The van der Waals surface area contributed by atoms with Gasteiger partial charge in [-0.2, -0.15) is 0 Å². The molecule has 1 heterocycles. The Hall–Kier alpha value is -1.83. The minimum atomic E-state index is -3.00. The van der Waals surface area contributed by atoms with Gasteiger partial charge >= 0.3 is 6.03 Å². The Bertz CT molecular complexity index is 634. The van der Waals surface area contributed by atoms with Crippen molar-refractivity contribution in [3.05, 3.63) is 29.6 Å². The summed E-state index contributed by atoms with van der Waals surface area (Å²) in [5.41, 5.74) is 0.750. The van der Waals surface area contributed by atoms with Crippen LogP contribution in [0, 0.1) is 5.82 Å². The molecule has 6 nitrogen and oxygen atoms in total. The van der Waals surface area contributed by atoms with Crippen LogP contribution in [0.25, 0.3) is 0 Å². The van der Waals surface area contributed by atoms with Gasteiger partial charge in [0.05, 0.1) is 18.6 Å². The molecule has 0 spiro atoms. The molecule has 1 aliphatic heterocycles. The van der Waals surface area contributed by atoms with Crippen LogP contribution in [0.3, 0.4) is 0 Å². The molecule has 1 aliphatic rings. The van der Waals surface area contributed by atoms with Crippen LogP contribution in [0.5, 0.6) is 5.75 Å². The maximum atomic E-state index is 13.5. The van der Waals surface area contributed by atoms with Crippen molar-refractivity contribution in [3.8, 4) is 5.75 Å². The average molecular weight is 330 g/mol. The van der Waals surface area contributed by atoms with Crippen molar-refractivity contribution >= 4 is 15.9 Å². The van der Waals surface area contributed by atoms with E-state index in [9.17, 15) is 17.6 Å². The molecule has 0 radical (unpaired) electrons. The molecule has 1 saturated heterocycles. The van der Waals surface area contributed by atoms with Crippen LogP contribution in [-0.4, -0.2) is 57.6 Å². The van der Waals surface area contributed by atoms with Crippen LogP contribution in [0.4, 0.5) is 9.18 Å². The third-order valence-corrected chi connectivity index (χ3v) is 5.15. The highest BCUT2D eigenvalue weighted by Gasteiger charge is 2.24. The summed E-state index contributed by atoms with van der Waals surface area (Å²) in [6.45, 7) is 0.782. The average Bonchev–Trinajstić information content (AvgIpc) is 2.47. The van der Waals surface area contributed by atoms with Gasteiger partial charge in [-0.05, 0) is 24.1 Å². The van der Waals surface area contributed by atoms with Gasteiger partial charge in [-0.25, -0.2) is 17.6 Å². The van der Waals surface area contributed by atoms with Crippen molar-refractivity contribution < 1.29 is 22.3 Å². The van der Waals surface area contributed by atoms with Crippen LogP contribution >= 0.6 is 0 Å². The molecule has 0 unspecified atom stereocenters. The van der Waals surface area contributed by atoms with Gasteiger partial charge in [0.15, 0.2) is 21.4 Å². The minimum Gasteiger partial charge on any atom is -0.494 e. The number of benzene rings is 1. The number of urea groups is 1. The number of nitrogens with zero attached hydrogens (tertiary/aromatic N) is 1. The Kier molecular flexibility index (Phi) is 5.23. The van der Waals surface area contributed by atoms with E-state index in [-0.39, 0.29) is 36.4 Å². The molecule has 0 aromatic heterocycles. The van der Waals surface area contributed by atoms with Crippen LogP contribution in [0.1, 0.15) is 5.56 Å². The molecule has 1 fully saturated rings. The molecule has 0 atom stereocenters. The highest BCUT2D eigenvalue weighted by molar-refractivity contribution is 7.91. The third-order valence-electron chi connectivity index (χ3n) is 3.54. The largest absolute Gasteiger partial charge is 0.494 e. The first-order chi connectivity index (χ1) is 10.4. The van der Waals surface area contributed by atoms with E-state index in [0.29, 0.717) is 13.0 Å². The van der Waals surface area contributed by atoms with Gasteiger partial charge in [-0.3, -0.25) is 0 Å². The molecule has 1 N–H and O–H groups in total. The first-order valence-electron chi connectivity index (χ1n) is 6.97. The fourth-order valence-electron chi connectivity index (χ4n) is 2.21. The van der Waals surface area contributed by atoms with Crippen molar-refractivity contribution in [2.45, 2.75) is 6.42 Å². The summed E-state index contributed by atoms with van der Waals surface area (Å²) in [6.07, 6.45) is 0.485. The normalized spacial score (nSPS) is 17.1. The predicted molar refractivity (Wildman–Crippen MR) is 80.3 cm³/mol. The smallest absolute Gasteiger partial charge is 0.317 e. The lowest BCUT2D eigenvalue weighted by molar-refractivity contribution is 0.202. The number of carbonyl (C=O) groups excluding carboxylic acids is 1. The lowest BCUT2D eigenvalue weighted by Crippen LogP contribution is -2.48. The standard InChI is InChI=1S/C14H19FN2O4S/c1-21-13-3-2-11(10-12(13)15)4-5-16-14(18)17-6-8-22(19,20)9-7-17/h2-3,10H,4-9H2,1H3,(H,16,18). The van der Waals surface area contributed by atoms with E-state index < -0.39 is 15.7 Å². The molecule has 8 heteroatoms. The Morgan fingerprint density at radius 3 is 2.64 bits per heavy atom. The number of rotatable bonds is 4. The molecular formula is C14H19FN2O4S. The minimum absolute atomic E-state index is 0.00408. The molecular weight excluding hydrogens is 311 g/mol. The van der Waals surface area contributed by atoms with E-state index in [1.807, 2.05) is 0 Å². The number of hydrogen-bond donors (Lipinski definition) is 1. The zero-order valence-corrected chi connectivity index (χ0v) is 13.2. The summed E-state index contributed by atoms with van der Waals surface area (Å²) < 4.78 is 41.0. The summed E-state index contributed by atoms with van der Waals surface area (Å²) in [7, 11) is -1.60. The predicted octanol–water partition coefficient (Wildman–Crippen LogP) is 0.817. The van der Waals surface area contributed by atoms with E-state index >= 15 is 0 Å². The zero-order chi connectivity index (χ0) is 16.2. The van der Waals surface area contributed by atoms with Gasteiger partial charge in [0.25, 0.3) is 0 Å². The first kappa shape index (κ1) is 16.5. The summed E-state index contributed by atoms with van der Waals surface area (Å²) in [5, 5.41) is 2.71. The Morgan fingerprint density at radius 1 is 1.36 bits per heavy atom. The summed E-state index contributed by atoms with van der Waals surface area (Å²) in [4.78, 5) is 13.4. The van der Waals surface area contributed by atoms with E-state index in [1.165, 1.54) is 18.1 Å². The molecule has 22 heavy (non-hydrogen) atoms. The number of nitrogens with one attached hydrogen (secondary N) is 1. The zero-order valence-electron chi connectivity index (χ0n) is 12.3. The van der Waals surface area contributed by atoms with E-state index in [1.54, 1.807) is 12.1 Å². The van der Waals surface area contributed by atoms with E-state index in [2.05, 4.69) is 5.32 Å². The molecule has 2 amide bonds. The van der Waals surface area contributed by atoms with Crippen molar-refractivity contribution in [3.63, 3.8) is 0 Å². The van der Waals surface area contributed by atoms with Crippen molar-refractivity contribution in [1.29, 1.82) is 0 Å². The van der Waals surface area contributed by atoms with Gasteiger partial charge in [0.1, 0.15) is 0 Å². The second-order valence-electron chi connectivity index (χ2n) is 5.09. The van der Waals surface area contributed by atoms with Crippen LogP contribution in [0.2, 0.25) is 0 Å². The molecule has 1 aromatic rings. The van der Waals surface area contributed by atoms with Crippen molar-refractivity contribution in [2.75, 3.05) is 38.2 Å². The second-order valence-corrected chi connectivity index (χ2v) is 7.39. The van der Waals surface area contributed by atoms with Gasteiger partial charge in [0, 0.05) is 19.6 Å². The van der Waals surface area contributed by atoms with E-state index in [4.69, 9.17) is 4.74 Å². The van der Waals surface area contributed by atoms with Gasteiger partial charge in [0.2, 0.25) is 0 Å². The number of carbonyl (C=O) groups is 1. The Labute approximate surface area is 129 Å². The van der Waals surface area contributed by atoms with Gasteiger partial charge in [-0.1, -0.05) is 6.07 Å². The highest BCUT2D eigenvalue weighted by atomic mass is 32.2. The quantitative estimate of drug-likeness (QED) is 0.887. The molecule has 2 rings (SSSR count). The Morgan fingerprint density at radius 2 is 2.05 bits per heavy atom. The molecule has 0 bridgehead atoms. The maximum absolute atomic E-state index is 13.5. The summed E-state index contributed by atoms with van der Waals surface area (Å²) in [6, 6.07) is 4.37. The van der Waals surface area contributed by atoms with Crippen molar-refractivity contribution in [2.24, 2.45) is 0 Å². The number of ether oxygens (including phenoxy) is 1. The van der Waals surface area contributed by atoms with E-state index in [0.717, 1.165) is 5.56 Å². The number of methoxy groups -OCH3 is 1. The van der Waals surface area contributed by atoms with Gasteiger partial charge < -0.3 is 15.0 Å². The topological polar surface area (TPSA) is 75.7 Å². The summed E-state index contributed by atoms with van der Waals surface area (Å²) >= 11 is 0. The molecule has 0 saturated carbocycles. The number of hydrogen-bond acceptors (Lipinski definition) is 4. The first-order valence-corrected chi connectivity index (χ1v) is 8.79. The highest BCUT2D eigenvalue weighted by Crippen LogP contribution is 2.17. The third kappa shape index (κ3) is 4.33. The monoisotopic (exact) mass is 330 g/mol. The number of amides is 2. The van der Waals surface area contributed by atoms with Crippen LogP contribution < -0.4 is 10.1 Å². The molecule has 1 aromatic carbocycles. The SMILES string of the molecule is COc1ccc(CCNC(=O)N2CCS(=O)(=O)CC2)cc1F. The molecule has 122 valence electrons. The van der Waals surface area contributed by atoms with Crippen molar-refractivity contribution in [1.82, 2.24) is 10.2 Å². The lowest BCUT2D eigenvalue weighted by atomic mass is 10.1. The lowest BCUT2D eigenvalue weighted by Gasteiger charge is -2.26.